The van der Waals surface area contributed by atoms with Crippen LogP contribution in [0.15, 0.2) is 47.4 Å². The molecule has 0 atom stereocenters. The summed E-state index contributed by atoms with van der Waals surface area (Å²) in [7, 11) is -1.93. The first kappa shape index (κ1) is 21.3. The summed E-state index contributed by atoms with van der Waals surface area (Å²) in [6, 6.07) is 12.8. The fourth-order valence-electron chi connectivity index (χ4n) is 3.56. The molecule has 2 aromatic rings. The lowest BCUT2D eigenvalue weighted by atomic mass is 9.97. The maximum Gasteiger partial charge on any atom is 0.243 e. The molecule has 0 unspecified atom stereocenters. The smallest absolute Gasteiger partial charge is 0.243 e. The highest BCUT2D eigenvalue weighted by atomic mass is 32.2. The molecule has 1 fully saturated rings. The van der Waals surface area contributed by atoms with Crippen LogP contribution in [0.4, 0.5) is 0 Å². The van der Waals surface area contributed by atoms with E-state index in [4.69, 9.17) is 4.74 Å². The summed E-state index contributed by atoms with van der Waals surface area (Å²) in [5.74, 6) is 0.511. The largest absolute Gasteiger partial charge is 0.496 e. The zero-order valence-corrected chi connectivity index (χ0v) is 18.0. The van der Waals surface area contributed by atoms with Gasteiger partial charge < -0.3 is 10.1 Å². The Morgan fingerprint density at radius 3 is 2.45 bits per heavy atom. The number of hydrogen-bond acceptors (Lipinski definition) is 4. The fraction of sp³-hybridized carbons (Fsp3) is 0.409. The van der Waals surface area contributed by atoms with Crippen molar-refractivity contribution in [2.24, 2.45) is 5.92 Å². The van der Waals surface area contributed by atoms with E-state index in [-0.39, 0.29) is 11.8 Å². The maximum atomic E-state index is 12.9. The minimum Gasteiger partial charge on any atom is -0.496 e. The van der Waals surface area contributed by atoms with Gasteiger partial charge in [-0.15, -0.1) is 0 Å². The number of hydrogen-bond donors (Lipinski definition) is 1. The molecule has 29 heavy (non-hydrogen) atoms. The van der Waals surface area contributed by atoms with Crippen molar-refractivity contribution in [3.8, 4) is 5.75 Å². The Morgan fingerprint density at radius 2 is 1.79 bits per heavy atom. The number of carbonyl (C=O) groups excluding carboxylic acids is 1. The van der Waals surface area contributed by atoms with Crippen LogP contribution in [0.5, 0.6) is 5.75 Å². The lowest BCUT2D eigenvalue weighted by molar-refractivity contribution is -0.126. The highest BCUT2D eigenvalue weighted by molar-refractivity contribution is 7.89. The van der Waals surface area contributed by atoms with Crippen LogP contribution in [0, 0.1) is 19.8 Å². The van der Waals surface area contributed by atoms with Crippen molar-refractivity contribution in [3.63, 3.8) is 0 Å². The van der Waals surface area contributed by atoms with Gasteiger partial charge in [-0.25, -0.2) is 8.42 Å². The van der Waals surface area contributed by atoms with Crippen LogP contribution in [0.3, 0.4) is 0 Å². The summed E-state index contributed by atoms with van der Waals surface area (Å²) in [5, 5.41) is 2.96. The number of amides is 1. The molecule has 0 spiro atoms. The molecule has 0 saturated carbocycles. The second-order valence-electron chi connectivity index (χ2n) is 7.45. The van der Waals surface area contributed by atoms with Crippen LogP contribution in [0.2, 0.25) is 0 Å². The molecule has 1 amide bonds. The van der Waals surface area contributed by atoms with Crippen LogP contribution >= 0.6 is 0 Å². The number of para-hydroxylation sites is 1. The van der Waals surface area contributed by atoms with Crippen molar-refractivity contribution in [1.29, 1.82) is 0 Å². The number of benzene rings is 2. The molecule has 0 aromatic heterocycles. The average Bonchev–Trinajstić information content (AvgIpc) is 2.74. The topological polar surface area (TPSA) is 75.7 Å². The molecule has 3 rings (SSSR count). The highest BCUT2D eigenvalue weighted by Crippen LogP contribution is 2.25. The molecule has 0 radical (unpaired) electrons. The molecule has 1 heterocycles. The summed E-state index contributed by atoms with van der Waals surface area (Å²) in [6.07, 6.45) is 1.03. The number of sulfonamides is 1. The summed E-state index contributed by atoms with van der Waals surface area (Å²) < 4.78 is 32.6. The lowest BCUT2D eigenvalue weighted by Gasteiger charge is -2.30. The van der Waals surface area contributed by atoms with Gasteiger partial charge in [0.25, 0.3) is 0 Å². The van der Waals surface area contributed by atoms with Crippen LogP contribution in [0.1, 0.15) is 29.5 Å². The fourth-order valence-corrected chi connectivity index (χ4v) is 5.11. The molecule has 1 aliphatic heterocycles. The van der Waals surface area contributed by atoms with Crippen LogP contribution < -0.4 is 10.1 Å². The third-order valence-corrected chi connectivity index (χ3v) is 7.48. The molecule has 1 aliphatic rings. The van der Waals surface area contributed by atoms with Crippen LogP contribution in [0.25, 0.3) is 0 Å². The SMILES string of the molecule is COc1ccccc1CNC(=O)C1CCN(S(=O)(=O)c2ccc(C)c(C)c2)CC1. The van der Waals surface area contributed by atoms with Gasteiger partial charge in [0, 0.05) is 31.1 Å². The predicted molar refractivity (Wildman–Crippen MR) is 112 cm³/mol. The summed E-state index contributed by atoms with van der Waals surface area (Å²) in [6.45, 7) is 4.96. The number of aryl methyl sites for hydroxylation is 2. The number of methoxy groups -OCH3 is 1. The first-order valence-corrected chi connectivity index (χ1v) is 11.2. The second-order valence-corrected chi connectivity index (χ2v) is 9.39. The summed E-state index contributed by atoms with van der Waals surface area (Å²) >= 11 is 0. The van der Waals surface area contributed by atoms with E-state index < -0.39 is 10.0 Å². The number of ether oxygens (including phenoxy) is 1. The summed E-state index contributed by atoms with van der Waals surface area (Å²) in [4.78, 5) is 12.9. The molecule has 6 nitrogen and oxygen atoms in total. The van der Waals surface area contributed by atoms with E-state index in [0.717, 1.165) is 22.4 Å². The number of piperidine rings is 1. The Morgan fingerprint density at radius 1 is 1.10 bits per heavy atom. The number of nitrogens with one attached hydrogen (secondary N) is 1. The normalized spacial score (nSPS) is 15.8. The third kappa shape index (κ3) is 4.79. The van der Waals surface area contributed by atoms with Crippen molar-refractivity contribution in [1.82, 2.24) is 9.62 Å². The Balaban J connectivity index is 1.58. The Labute approximate surface area is 172 Å². The van der Waals surface area contributed by atoms with Crippen molar-refractivity contribution in [3.05, 3.63) is 59.2 Å². The second kappa shape index (κ2) is 8.97. The predicted octanol–water partition coefficient (Wildman–Crippen LogP) is 3.03. The zero-order chi connectivity index (χ0) is 21.0. The van der Waals surface area contributed by atoms with E-state index >= 15 is 0 Å². The monoisotopic (exact) mass is 416 g/mol. The standard InChI is InChI=1S/C22H28N2O4S/c1-16-8-9-20(14-17(16)2)29(26,27)24-12-10-18(11-13-24)22(25)23-15-19-6-4-5-7-21(19)28-3/h4-9,14,18H,10-13,15H2,1-3H3,(H,23,25). The van der Waals surface area contributed by atoms with Crippen LogP contribution in [-0.4, -0.2) is 38.8 Å². The molecular formula is C22H28N2O4S. The minimum atomic E-state index is -3.53. The van der Waals surface area contributed by atoms with Crippen LogP contribution in [-0.2, 0) is 21.4 Å². The van der Waals surface area contributed by atoms with E-state index in [2.05, 4.69) is 5.32 Å². The molecular weight excluding hydrogens is 388 g/mol. The van der Waals surface area contributed by atoms with E-state index in [9.17, 15) is 13.2 Å². The first-order chi connectivity index (χ1) is 13.8. The maximum absolute atomic E-state index is 12.9. The Bertz CT molecular complexity index is 980. The van der Waals surface area contributed by atoms with Gasteiger partial charge in [-0.1, -0.05) is 24.3 Å². The first-order valence-electron chi connectivity index (χ1n) is 9.80. The number of nitrogens with zero attached hydrogens (tertiary/aromatic N) is 1. The van der Waals surface area contributed by atoms with Gasteiger partial charge in [0.2, 0.25) is 15.9 Å². The number of rotatable bonds is 6. The van der Waals surface area contributed by atoms with Crippen molar-refractivity contribution in [2.45, 2.75) is 38.1 Å². The van der Waals surface area contributed by atoms with Gasteiger partial charge >= 0.3 is 0 Å². The van der Waals surface area contributed by atoms with Gasteiger partial charge in [-0.3, -0.25) is 4.79 Å². The van der Waals surface area contributed by atoms with Gasteiger partial charge in [-0.2, -0.15) is 4.31 Å². The number of carbonyl (C=O) groups is 1. The third-order valence-electron chi connectivity index (χ3n) is 5.59. The average molecular weight is 417 g/mol. The van der Waals surface area contributed by atoms with Crippen molar-refractivity contribution < 1.29 is 17.9 Å². The van der Waals surface area contributed by atoms with E-state index in [0.29, 0.717) is 37.4 Å². The van der Waals surface area contributed by atoms with Gasteiger partial charge in [-0.05, 0) is 56.0 Å². The molecule has 1 N–H and O–H groups in total. The van der Waals surface area contributed by atoms with E-state index in [1.807, 2.05) is 44.2 Å². The summed E-state index contributed by atoms with van der Waals surface area (Å²) in [5.41, 5.74) is 2.93. The molecule has 2 aromatic carbocycles. The Hall–Kier alpha value is -2.38. The van der Waals surface area contributed by atoms with Gasteiger partial charge in [0.15, 0.2) is 0 Å². The molecule has 156 valence electrons. The minimum absolute atomic E-state index is 0.0425. The van der Waals surface area contributed by atoms with E-state index in [1.165, 1.54) is 4.31 Å². The van der Waals surface area contributed by atoms with Crippen molar-refractivity contribution >= 4 is 15.9 Å². The van der Waals surface area contributed by atoms with Gasteiger partial charge in [0.1, 0.15) is 5.75 Å². The molecule has 0 bridgehead atoms. The van der Waals surface area contributed by atoms with E-state index in [1.54, 1.807) is 19.2 Å². The molecule has 1 saturated heterocycles. The highest BCUT2D eigenvalue weighted by Gasteiger charge is 2.32. The molecule has 0 aliphatic carbocycles. The van der Waals surface area contributed by atoms with Crippen molar-refractivity contribution in [2.75, 3.05) is 20.2 Å². The molecule has 7 heteroatoms. The quantitative estimate of drug-likeness (QED) is 0.785. The Kier molecular flexibility index (Phi) is 6.59. The van der Waals surface area contributed by atoms with Gasteiger partial charge in [0.05, 0.1) is 12.0 Å². The zero-order valence-electron chi connectivity index (χ0n) is 17.1. The lowest BCUT2D eigenvalue weighted by Crippen LogP contribution is -2.42.